The second-order valence-corrected chi connectivity index (χ2v) is 4.83. The maximum Gasteiger partial charge on any atom is 0.310 e. The molecule has 2 rings (SSSR count). The van der Waals surface area contributed by atoms with Crippen LogP contribution in [0.1, 0.15) is 23.5 Å². The largest absolute Gasteiger partial charge is 0.497 e. The number of aliphatic carboxylic acids is 1. The molecule has 3 nitrogen and oxygen atoms in total. The Morgan fingerprint density at radius 3 is 2.52 bits per heavy atom. The van der Waals surface area contributed by atoms with Crippen molar-refractivity contribution in [3.63, 3.8) is 0 Å². The number of halogens is 1. The van der Waals surface area contributed by atoms with E-state index in [2.05, 4.69) is 0 Å². The van der Waals surface area contributed by atoms with Crippen molar-refractivity contribution in [2.24, 2.45) is 0 Å². The fourth-order valence-electron chi connectivity index (χ4n) is 2.26. The molecule has 0 aliphatic carbocycles. The Kier molecular flexibility index (Phi) is 4.93. The van der Waals surface area contributed by atoms with E-state index in [9.17, 15) is 14.3 Å². The average Bonchev–Trinajstić information content (AvgIpc) is 2.48. The minimum atomic E-state index is -0.936. The van der Waals surface area contributed by atoms with E-state index >= 15 is 0 Å². The van der Waals surface area contributed by atoms with E-state index in [0.29, 0.717) is 18.4 Å². The molecule has 0 amide bonds. The van der Waals surface area contributed by atoms with Gasteiger partial charge in [0.25, 0.3) is 0 Å². The first-order valence-corrected chi connectivity index (χ1v) is 6.71. The van der Waals surface area contributed by atoms with Crippen molar-refractivity contribution < 1.29 is 19.0 Å². The van der Waals surface area contributed by atoms with E-state index in [1.807, 2.05) is 24.3 Å². The van der Waals surface area contributed by atoms with Crippen LogP contribution in [0.3, 0.4) is 0 Å². The lowest BCUT2D eigenvalue weighted by Gasteiger charge is -2.13. The summed E-state index contributed by atoms with van der Waals surface area (Å²) in [5, 5.41) is 9.34. The third-order valence-electron chi connectivity index (χ3n) is 3.43. The van der Waals surface area contributed by atoms with Crippen molar-refractivity contribution in [2.45, 2.75) is 18.8 Å². The Labute approximate surface area is 123 Å². The molecule has 0 bridgehead atoms. The van der Waals surface area contributed by atoms with Gasteiger partial charge >= 0.3 is 5.97 Å². The van der Waals surface area contributed by atoms with Gasteiger partial charge < -0.3 is 9.84 Å². The highest BCUT2D eigenvalue weighted by Gasteiger charge is 2.20. The first-order valence-electron chi connectivity index (χ1n) is 6.71. The first-order chi connectivity index (χ1) is 10.1. The van der Waals surface area contributed by atoms with Crippen molar-refractivity contribution in [1.82, 2.24) is 0 Å². The molecular weight excluding hydrogens is 271 g/mol. The molecule has 0 saturated heterocycles. The fraction of sp³-hybridized carbons (Fsp3) is 0.235. The molecule has 1 unspecified atom stereocenters. The number of ether oxygens (including phenoxy) is 1. The molecule has 2 aromatic carbocycles. The maximum absolute atomic E-state index is 13.2. The molecule has 0 aliphatic rings. The van der Waals surface area contributed by atoms with Gasteiger partial charge in [0, 0.05) is 0 Å². The Balaban J connectivity index is 2.08. The Morgan fingerprint density at radius 1 is 1.24 bits per heavy atom. The van der Waals surface area contributed by atoms with Crippen LogP contribution in [0.2, 0.25) is 0 Å². The highest BCUT2D eigenvalue weighted by atomic mass is 19.1. The van der Waals surface area contributed by atoms with Crippen molar-refractivity contribution >= 4 is 5.97 Å². The van der Waals surface area contributed by atoms with Gasteiger partial charge in [-0.05, 0) is 48.2 Å². The van der Waals surface area contributed by atoms with Crippen molar-refractivity contribution in [3.8, 4) is 5.75 Å². The topological polar surface area (TPSA) is 46.5 Å². The molecule has 110 valence electrons. The van der Waals surface area contributed by atoms with Crippen LogP contribution in [0.4, 0.5) is 4.39 Å². The van der Waals surface area contributed by atoms with Gasteiger partial charge in [-0.25, -0.2) is 4.39 Å². The molecule has 1 atom stereocenters. The third kappa shape index (κ3) is 4.05. The van der Waals surface area contributed by atoms with Gasteiger partial charge in [-0.2, -0.15) is 0 Å². The molecule has 1 N–H and O–H groups in total. The van der Waals surface area contributed by atoms with Crippen molar-refractivity contribution in [3.05, 3.63) is 65.5 Å². The number of rotatable bonds is 6. The fourth-order valence-corrected chi connectivity index (χ4v) is 2.26. The molecule has 4 heteroatoms. The second kappa shape index (κ2) is 6.88. The summed E-state index contributed by atoms with van der Waals surface area (Å²) in [5.74, 6) is -1.29. The number of benzene rings is 2. The number of carboxylic acid groups (broad SMARTS) is 1. The maximum atomic E-state index is 13.2. The molecule has 2 aromatic rings. The predicted octanol–water partition coefficient (Wildman–Crippen LogP) is 3.64. The minimum absolute atomic E-state index is 0.414. The second-order valence-electron chi connectivity index (χ2n) is 4.83. The minimum Gasteiger partial charge on any atom is -0.497 e. The van der Waals surface area contributed by atoms with Gasteiger partial charge in [-0.1, -0.05) is 24.3 Å². The third-order valence-corrected chi connectivity index (χ3v) is 3.43. The van der Waals surface area contributed by atoms with Crippen LogP contribution in [0, 0.1) is 5.82 Å². The first kappa shape index (κ1) is 15.0. The van der Waals surface area contributed by atoms with Crippen molar-refractivity contribution in [2.75, 3.05) is 7.11 Å². The number of carbonyl (C=O) groups is 1. The zero-order chi connectivity index (χ0) is 15.2. The molecule has 0 aromatic heterocycles. The summed E-state index contributed by atoms with van der Waals surface area (Å²) in [6, 6.07) is 13.3. The number of hydrogen-bond donors (Lipinski definition) is 1. The monoisotopic (exact) mass is 288 g/mol. The molecule has 0 radical (unpaired) electrons. The lowest BCUT2D eigenvalue weighted by molar-refractivity contribution is -0.138. The van der Waals surface area contributed by atoms with Crippen LogP contribution in [-0.2, 0) is 11.2 Å². The number of methoxy groups -OCH3 is 1. The van der Waals surface area contributed by atoms with E-state index in [0.717, 1.165) is 11.3 Å². The van der Waals surface area contributed by atoms with E-state index in [1.165, 1.54) is 18.2 Å². The van der Waals surface area contributed by atoms with Gasteiger partial charge in [0.1, 0.15) is 11.6 Å². The van der Waals surface area contributed by atoms with Crippen LogP contribution >= 0.6 is 0 Å². The van der Waals surface area contributed by atoms with Gasteiger partial charge in [0.15, 0.2) is 0 Å². The zero-order valence-electron chi connectivity index (χ0n) is 11.8. The summed E-state index contributed by atoms with van der Waals surface area (Å²) in [6.07, 6.45) is 1.03. The number of hydrogen-bond acceptors (Lipinski definition) is 2. The van der Waals surface area contributed by atoms with E-state index < -0.39 is 17.7 Å². The summed E-state index contributed by atoms with van der Waals surface area (Å²) >= 11 is 0. The van der Waals surface area contributed by atoms with E-state index in [1.54, 1.807) is 13.2 Å². The zero-order valence-corrected chi connectivity index (χ0v) is 11.8. The van der Waals surface area contributed by atoms with Crippen LogP contribution in [-0.4, -0.2) is 18.2 Å². The summed E-state index contributed by atoms with van der Waals surface area (Å²) < 4.78 is 18.3. The lowest BCUT2D eigenvalue weighted by atomic mass is 9.92. The quantitative estimate of drug-likeness (QED) is 0.882. The summed E-state index contributed by atoms with van der Waals surface area (Å²) in [4.78, 5) is 11.4. The van der Waals surface area contributed by atoms with Crippen LogP contribution in [0.5, 0.6) is 5.75 Å². The summed E-state index contributed by atoms with van der Waals surface area (Å²) in [7, 11) is 1.60. The van der Waals surface area contributed by atoms with Gasteiger partial charge in [0.2, 0.25) is 0 Å². The average molecular weight is 288 g/mol. The Morgan fingerprint density at radius 2 is 1.95 bits per heavy atom. The van der Waals surface area contributed by atoms with Gasteiger partial charge in [0.05, 0.1) is 13.0 Å². The normalized spacial score (nSPS) is 11.9. The van der Waals surface area contributed by atoms with Crippen molar-refractivity contribution in [1.29, 1.82) is 0 Å². The molecule has 0 aliphatic heterocycles. The van der Waals surface area contributed by atoms with E-state index in [-0.39, 0.29) is 0 Å². The molecule has 21 heavy (non-hydrogen) atoms. The standard InChI is InChI=1S/C17H17FO3/c1-21-15-8-5-12(6-9-15)7-10-16(17(19)20)13-3-2-4-14(18)11-13/h2-6,8-9,11,16H,7,10H2,1H3,(H,19,20). The number of aryl methyl sites for hydroxylation is 1. The highest BCUT2D eigenvalue weighted by molar-refractivity contribution is 5.76. The lowest BCUT2D eigenvalue weighted by Crippen LogP contribution is -2.13. The van der Waals surface area contributed by atoms with Crippen LogP contribution in [0.15, 0.2) is 48.5 Å². The molecule has 0 heterocycles. The Hall–Kier alpha value is -2.36. The van der Waals surface area contributed by atoms with Gasteiger partial charge in [-0.3, -0.25) is 4.79 Å². The Bertz CT molecular complexity index is 608. The molecular formula is C17H17FO3. The molecule has 0 saturated carbocycles. The molecule has 0 spiro atoms. The van der Waals surface area contributed by atoms with Gasteiger partial charge in [-0.15, -0.1) is 0 Å². The van der Waals surface area contributed by atoms with Crippen LogP contribution < -0.4 is 4.74 Å². The smallest absolute Gasteiger partial charge is 0.310 e. The number of carboxylic acids is 1. The SMILES string of the molecule is COc1ccc(CCC(C(=O)O)c2cccc(F)c2)cc1. The summed E-state index contributed by atoms with van der Waals surface area (Å²) in [5.41, 5.74) is 1.52. The highest BCUT2D eigenvalue weighted by Crippen LogP contribution is 2.23. The van der Waals surface area contributed by atoms with Crippen LogP contribution in [0.25, 0.3) is 0 Å². The molecule has 0 fully saturated rings. The predicted molar refractivity (Wildman–Crippen MR) is 78.1 cm³/mol. The summed E-state index contributed by atoms with van der Waals surface area (Å²) in [6.45, 7) is 0. The van der Waals surface area contributed by atoms with E-state index in [4.69, 9.17) is 4.74 Å².